The summed E-state index contributed by atoms with van der Waals surface area (Å²) in [5.74, 6) is 0.556. The summed E-state index contributed by atoms with van der Waals surface area (Å²) in [5, 5.41) is 3.05. The molecule has 5 heteroatoms. The Balaban J connectivity index is 3.14. The highest BCUT2D eigenvalue weighted by Crippen LogP contribution is 2.20. The van der Waals surface area contributed by atoms with Crippen LogP contribution in [0.5, 0.6) is 0 Å². The molecule has 1 aromatic heterocycles. The maximum Gasteiger partial charge on any atom is 0.157 e. The molecule has 1 rings (SSSR count). The van der Waals surface area contributed by atoms with Gasteiger partial charge in [-0.1, -0.05) is 11.6 Å². The molecule has 0 aromatic carbocycles. The van der Waals surface area contributed by atoms with Crippen LogP contribution in [-0.2, 0) is 0 Å². The first-order valence-electron chi connectivity index (χ1n) is 2.69. The molecule has 0 aliphatic carbocycles. The molecule has 54 valence electrons. The van der Waals surface area contributed by atoms with E-state index in [9.17, 15) is 0 Å². The molecule has 0 amide bonds. The Hall–Kier alpha value is -1.03. The van der Waals surface area contributed by atoms with E-state index in [1.165, 1.54) is 6.33 Å². The van der Waals surface area contributed by atoms with E-state index in [1.54, 1.807) is 7.05 Å². The van der Waals surface area contributed by atoms with Gasteiger partial charge in [0.15, 0.2) is 11.0 Å². The first kappa shape index (κ1) is 7.08. The van der Waals surface area contributed by atoms with Gasteiger partial charge < -0.3 is 11.1 Å². The molecule has 0 spiro atoms. The van der Waals surface area contributed by atoms with Crippen LogP contribution in [0.4, 0.5) is 11.5 Å². The van der Waals surface area contributed by atoms with E-state index in [1.807, 2.05) is 0 Å². The minimum absolute atomic E-state index is 0.277. The zero-order chi connectivity index (χ0) is 7.56. The highest BCUT2D eigenvalue weighted by molar-refractivity contribution is 6.32. The second kappa shape index (κ2) is 2.70. The van der Waals surface area contributed by atoms with Crippen LogP contribution in [0.1, 0.15) is 0 Å². The molecule has 0 aliphatic rings. The quantitative estimate of drug-likeness (QED) is 0.593. The topological polar surface area (TPSA) is 63.8 Å². The minimum Gasteiger partial charge on any atom is -0.393 e. The Bertz CT molecular complexity index is 237. The maximum atomic E-state index is 5.58. The van der Waals surface area contributed by atoms with Crippen molar-refractivity contribution in [3.63, 3.8) is 0 Å². The van der Waals surface area contributed by atoms with E-state index in [0.717, 1.165) is 0 Å². The molecule has 0 fully saturated rings. The van der Waals surface area contributed by atoms with E-state index >= 15 is 0 Å². The molecule has 0 atom stereocenters. The van der Waals surface area contributed by atoms with Crippen LogP contribution in [0.2, 0.25) is 5.15 Å². The lowest BCUT2D eigenvalue weighted by Gasteiger charge is -2.01. The van der Waals surface area contributed by atoms with Crippen molar-refractivity contribution < 1.29 is 0 Å². The minimum atomic E-state index is 0.277. The van der Waals surface area contributed by atoms with Crippen molar-refractivity contribution in [1.82, 2.24) is 9.97 Å². The summed E-state index contributed by atoms with van der Waals surface area (Å²) in [7, 11) is 1.72. The highest BCUT2D eigenvalue weighted by atomic mass is 35.5. The lowest BCUT2D eigenvalue weighted by Crippen LogP contribution is -1.99. The Labute approximate surface area is 63.4 Å². The number of halogens is 1. The summed E-state index contributed by atoms with van der Waals surface area (Å²) >= 11 is 5.58. The summed E-state index contributed by atoms with van der Waals surface area (Å²) in [6, 6.07) is 0. The smallest absolute Gasteiger partial charge is 0.157 e. The van der Waals surface area contributed by atoms with Gasteiger partial charge in [-0.3, -0.25) is 0 Å². The zero-order valence-electron chi connectivity index (χ0n) is 5.43. The number of nitrogens with zero attached hydrogens (tertiary/aromatic N) is 2. The fraction of sp³-hybridized carbons (Fsp3) is 0.200. The van der Waals surface area contributed by atoms with Crippen LogP contribution in [0, 0.1) is 0 Å². The Kier molecular flexibility index (Phi) is 1.91. The predicted octanol–water partition coefficient (Wildman–Crippen LogP) is 0.754. The van der Waals surface area contributed by atoms with Crippen molar-refractivity contribution >= 4 is 23.1 Å². The zero-order valence-corrected chi connectivity index (χ0v) is 6.18. The first-order chi connectivity index (χ1) is 4.75. The van der Waals surface area contributed by atoms with E-state index in [4.69, 9.17) is 17.3 Å². The van der Waals surface area contributed by atoms with Gasteiger partial charge in [-0.2, -0.15) is 0 Å². The number of nitrogen functional groups attached to an aromatic ring is 1. The molecular weight excluding hydrogens is 152 g/mol. The second-order valence-electron chi connectivity index (χ2n) is 1.68. The van der Waals surface area contributed by atoms with Crippen LogP contribution >= 0.6 is 11.6 Å². The summed E-state index contributed by atoms with van der Waals surface area (Å²) < 4.78 is 0. The van der Waals surface area contributed by atoms with Gasteiger partial charge in [-0.15, -0.1) is 0 Å². The van der Waals surface area contributed by atoms with Gasteiger partial charge in [0.1, 0.15) is 12.0 Å². The van der Waals surface area contributed by atoms with Crippen molar-refractivity contribution in [2.24, 2.45) is 0 Å². The molecule has 10 heavy (non-hydrogen) atoms. The third-order valence-corrected chi connectivity index (χ3v) is 1.37. The number of aromatic nitrogens is 2. The Morgan fingerprint density at radius 1 is 1.60 bits per heavy atom. The number of anilines is 2. The van der Waals surface area contributed by atoms with Gasteiger partial charge in [0.05, 0.1) is 0 Å². The van der Waals surface area contributed by atoms with Gasteiger partial charge in [-0.05, 0) is 0 Å². The van der Waals surface area contributed by atoms with Crippen LogP contribution in [0.3, 0.4) is 0 Å². The first-order valence-corrected chi connectivity index (χ1v) is 3.07. The molecule has 0 saturated heterocycles. The number of hydrogen-bond donors (Lipinski definition) is 2. The van der Waals surface area contributed by atoms with E-state index < -0.39 is 0 Å². The normalized spacial score (nSPS) is 9.40. The van der Waals surface area contributed by atoms with Crippen LogP contribution < -0.4 is 11.1 Å². The second-order valence-corrected chi connectivity index (χ2v) is 2.03. The monoisotopic (exact) mass is 158 g/mol. The third-order valence-electron chi connectivity index (χ3n) is 1.07. The van der Waals surface area contributed by atoms with Crippen molar-refractivity contribution in [1.29, 1.82) is 0 Å². The molecule has 4 nitrogen and oxygen atoms in total. The van der Waals surface area contributed by atoms with Gasteiger partial charge in [0, 0.05) is 7.05 Å². The molecule has 1 aromatic rings. The SMILES string of the molecule is CNc1ncnc(Cl)c1N. The molecule has 0 unspecified atom stereocenters. The van der Waals surface area contributed by atoms with Crippen molar-refractivity contribution in [2.75, 3.05) is 18.1 Å². The van der Waals surface area contributed by atoms with Gasteiger partial charge >= 0.3 is 0 Å². The van der Waals surface area contributed by atoms with Crippen LogP contribution in [0.15, 0.2) is 6.33 Å². The summed E-state index contributed by atoms with van der Waals surface area (Å²) in [6.07, 6.45) is 1.35. The van der Waals surface area contributed by atoms with Crippen molar-refractivity contribution in [2.45, 2.75) is 0 Å². The Morgan fingerprint density at radius 3 is 2.80 bits per heavy atom. The van der Waals surface area contributed by atoms with Crippen molar-refractivity contribution in [3.8, 4) is 0 Å². The highest BCUT2D eigenvalue weighted by Gasteiger charge is 2.01. The van der Waals surface area contributed by atoms with Crippen molar-refractivity contribution in [3.05, 3.63) is 11.5 Å². The molecule has 0 aliphatic heterocycles. The third kappa shape index (κ3) is 1.11. The Morgan fingerprint density at radius 2 is 2.30 bits per heavy atom. The fourth-order valence-corrected chi connectivity index (χ4v) is 0.706. The van der Waals surface area contributed by atoms with Crippen LogP contribution in [-0.4, -0.2) is 17.0 Å². The fourth-order valence-electron chi connectivity index (χ4n) is 0.573. The number of nitrogens with one attached hydrogen (secondary N) is 1. The van der Waals surface area contributed by atoms with Crippen LogP contribution in [0.25, 0.3) is 0 Å². The summed E-state index contributed by atoms with van der Waals surface area (Å²) in [6.45, 7) is 0. The largest absolute Gasteiger partial charge is 0.393 e. The molecule has 1 heterocycles. The molecule has 3 N–H and O–H groups in total. The molecule has 0 bridgehead atoms. The maximum absolute atomic E-state index is 5.58. The van der Waals surface area contributed by atoms with E-state index in [-0.39, 0.29) is 5.15 Å². The predicted molar refractivity (Wildman–Crippen MR) is 41.0 cm³/mol. The van der Waals surface area contributed by atoms with Gasteiger partial charge in [-0.25, -0.2) is 9.97 Å². The average molecular weight is 159 g/mol. The molecule has 0 saturated carbocycles. The van der Waals surface area contributed by atoms with Gasteiger partial charge in [0.2, 0.25) is 0 Å². The van der Waals surface area contributed by atoms with E-state index in [0.29, 0.717) is 11.5 Å². The molecular formula is C5H7ClN4. The van der Waals surface area contributed by atoms with E-state index in [2.05, 4.69) is 15.3 Å². The molecule has 0 radical (unpaired) electrons. The van der Waals surface area contributed by atoms with Gasteiger partial charge in [0.25, 0.3) is 0 Å². The lowest BCUT2D eigenvalue weighted by molar-refractivity contribution is 1.16. The standard InChI is InChI=1S/C5H7ClN4/c1-8-5-3(7)4(6)9-2-10-5/h2H,7H2,1H3,(H,8,9,10). The average Bonchev–Trinajstić information content (AvgIpc) is 1.95. The number of rotatable bonds is 1. The summed E-state index contributed by atoms with van der Waals surface area (Å²) in [4.78, 5) is 7.50. The summed E-state index contributed by atoms with van der Waals surface area (Å²) in [5.41, 5.74) is 5.85. The number of hydrogen-bond acceptors (Lipinski definition) is 4. The lowest BCUT2D eigenvalue weighted by atomic mass is 10.5. The number of nitrogens with two attached hydrogens (primary N) is 1.